The van der Waals surface area contributed by atoms with E-state index in [0.29, 0.717) is 6.10 Å². The molecule has 3 saturated heterocycles. The van der Waals surface area contributed by atoms with Crippen LogP contribution >= 0.6 is 0 Å². The maximum absolute atomic E-state index is 5.71. The van der Waals surface area contributed by atoms with Gasteiger partial charge in [-0.15, -0.1) is 0 Å². The number of rotatable bonds is 4. The molecular formula is C14H26N2O. The fraction of sp³-hybridized carbons (Fsp3) is 1.00. The third kappa shape index (κ3) is 2.83. The first kappa shape index (κ1) is 11.9. The van der Waals surface area contributed by atoms with Gasteiger partial charge in [-0.25, -0.2) is 0 Å². The number of hydrogen-bond acceptors (Lipinski definition) is 3. The molecule has 0 amide bonds. The van der Waals surface area contributed by atoms with E-state index in [-0.39, 0.29) is 0 Å². The van der Waals surface area contributed by atoms with Crippen molar-refractivity contribution in [1.29, 1.82) is 0 Å². The van der Waals surface area contributed by atoms with E-state index in [0.717, 1.165) is 24.7 Å². The molecule has 0 spiro atoms. The second-order valence-electron chi connectivity index (χ2n) is 6.17. The highest BCUT2D eigenvalue weighted by Crippen LogP contribution is 2.29. The van der Waals surface area contributed by atoms with Gasteiger partial charge in [-0.2, -0.15) is 0 Å². The van der Waals surface area contributed by atoms with Crippen LogP contribution in [0.1, 0.15) is 44.9 Å². The van der Waals surface area contributed by atoms with Gasteiger partial charge in [-0.1, -0.05) is 0 Å². The molecule has 0 aromatic carbocycles. The summed E-state index contributed by atoms with van der Waals surface area (Å²) in [6.45, 7) is 2.21. The number of nitrogens with one attached hydrogen (secondary N) is 1. The van der Waals surface area contributed by atoms with Gasteiger partial charge in [0, 0.05) is 31.3 Å². The zero-order chi connectivity index (χ0) is 11.7. The summed E-state index contributed by atoms with van der Waals surface area (Å²) in [5.74, 6) is 0. The van der Waals surface area contributed by atoms with E-state index in [1.54, 1.807) is 0 Å². The fourth-order valence-corrected chi connectivity index (χ4v) is 3.79. The summed E-state index contributed by atoms with van der Waals surface area (Å²) in [6.07, 6.45) is 9.86. The summed E-state index contributed by atoms with van der Waals surface area (Å²) < 4.78 is 5.71. The van der Waals surface area contributed by atoms with Gasteiger partial charge in [0.15, 0.2) is 0 Å². The predicted octanol–water partition coefficient (Wildman–Crippen LogP) is 1.77. The second-order valence-corrected chi connectivity index (χ2v) is 6.17. The number of nitrogens with zero attached hydrogens (tertiary/aromatic N) is 1. The zero-order valence-corrected chi connectivity index (χ0v) is 11.0. The van der Waals surface area contributed by atoms with Crippen LogP contribution in [0.25, 0.3) is 0 Å². The Balaban J connectivity index is 1.44. The smallest absolute Gasteiger partial charge is 0.0588 e. The molecule has 3 heterocycles. The summed E-state index contributed by atoms with van der Waals surface area (Å²) in [6, 6.07) is 2.43. The van der Waals surface area contributed by atoms with Crippen molar-refractivity contribution in [2.45, 2.75) is 69.2 Å². The molecule has 0 aliphatic carbocycles. The molecule has 0 aromatic heterocycles. The third-order valence-electron chi connectivity index (χ3n) is 4.90. The molecule has 0 radical (unpaired) electrons. The van der Waals surface area contributed by atoms with Crippen molar-refractivity contribution in [3.63, 3.8) is 0 Å². The molecular weight excluding hydrogens is 212 g/mol. The van der Waals surface area contributed by atoms with Gasteiger partial charge >= 0.3 is 0 Å². The Bertz CT molecular complexity index is 241. The topological polar surface area (TPSA) is 24.5 Å². The summed E-state index contributed by atoms with van der Waals surface area (Å²) in [7, 11) is 2.31. The standard InChI is InChI=1S/C14H26N2O/c1-16(7-6-14-3-2-8-17-14)13-9-11-4-5-12(10-13)15-11/h11-15H,2-10H2,1H3. The van der Waals surface area contributed by atoms with Gasteiger partial charge in [0.05, 0.1) is 6.10 Å². The number of piperidine rings is 1. The van der Waals surface area contributed by atoms with Crippen LogP contribution in [0.2, 0.25) is 0 Å². The molecule has 3 unspecified atom stereocenters. The van der Waals surface area contributed by atoms with Crippen LogP contribution in [0.5, 0.6) is 0 Å². The minimum absolute atomic E-state index is 0.552. The van der Waals surface area contributed by atoms with Crippen molar-refractivity contribution in [2.75, 3.05) is 20.2 Å². The monoisotopic (exact) mass is 238 g/mol. The van der Waals surface area contributed by atoms with Crippen LogP contribution in [0.3, 0.4) is 0 Å². The first-order chi connectivity index (χ1) is 8.31. The summed E-state index contributed by atoms with van der Waals surface area (Å²) in [5, 5.41) is 3.72. The largest absolute Gasteiger partial charge is 0.378 e. The lowest BCUT2D eigenvalue weighted by Gasteiger charge is -2.36. The normalized spacial score (nSPS) is 41.3. The van der Waals surface area contributed by atoms with E-state index >= 15 is 0 Å². The van der Waals surface area contributed by atoms with Crippen LogP contribution in [0, 0.1) is 0 Å². The first-order valence-electron chi connectivity index (χ1n) is 7.39. The minimum Gasteiger partial charge on any atom is -0.378 e. The maximum atomic E-state index is 5.71. The van der Waals surface area contributed by atoms with E-state index in [2.05, 4.69) is 17.3 Å². The molecule has 98 valence electrons. The Kier molecular flexibility index (Phi) is 3.69. The molecule has 0 aromatic rings. The Hall–Kier alpha value is -0.120. The van der Waals surface area contributed by atoms with Crippen LogP contribution < -0.4 is 5.32 Å². The summed E-state index contributed by atoms with van der Waals surface area (Å²) >= 11 is 0. The quantitative estimate of drug-likeness (QED) is 0.808. The maximum Gasteiger partial charge on any atom is 0.0588 e. The van der Waals surface area contributed by atoms with Crippen LogP contribution in [0.4, 0.5) is 0 Å². The Morgan fingerprint density at radius 3 is 2.59 bits per heavy atom. The third-order valence-corrected chi connectivity index (χ3v) is 4.90. The predicted molar refractivity (Wildman–Crippen MR) is 69.2 cm³/mol. The molecule has 3 fully saturated rings. The molecule has 3 atom stereocenters. The van der Waals surface area contributed by atoms with E-state index in [9.17, 15) is 0 Å². The van der Waals surface area contributed by atoms with Crippen molar-refractivity contribution in [3.05, 3.63) is 0 Å². The number of hydrogen-bond donors (Lipinski definition) is 1. The lowest BCUT2D eigenvalue weighted by atomic mass is 9.98. The molecule has 3 aliphatic rings. The molecule has 1 N–H and O–H groups in total. The zero-order valence-electron chi connectivity index (χ0n) is 11.0. The van der Waals surface area contributed by atoms with Gasteiger partial charge in [-0.05, 0) is 52.0 Å². The lowest BCUT2D eigenvalue weighted by molar-refractivity contribution is 0.0839. The Morgan fingerprint density at radius 1 is 1.18 bits per heavy atom. The van der Waals surface area contributed by atoms with Crippen molar-refractivity contribution in [3.8, 4) is 0 Å². The van der Waals surface area contributed by atoms with Crippen molar-refractivity contribution in [2.24, 2.45) is 0 Å². The highest BCUT2D eigenvalue weighted by Gasteiger charge is 2.35. The van der Waals surface area contributed by atoms with Crippen molar-refractivity contribution in [1.82, 2.24) is 10.2 Å². The highest BCUT2D eigenvalue weighted by atomic mass is 16.5. The molecule has 3 heteroatoms. The van der Waals surface area contributed by atoms with Crippen molar-refractivity contribution < 1.29 is 4.74 Å². The SMILES string of the molecule is CN(CCC1CCCO1)C1CC2CCC(C1)N2. The number of fused-ring (bicyclic) bond motifs is 2. The van der Waals surface area contributed by atoms with Gasteiger partial charge in [0.25, 0.3) is 0 Å². The molecule has 2 bridgehead atoms. The van der Waals surface area contributed by atoms with E-state index < -0.39 is 0 Å². The van der Waals surface area contributed by atoms with E-state index in [1.807, 2.05) is 0 Å². The summed E-state index contributed by atoms with van der Waals surface area (Å²) in [4.78, 5) is 2.59. The van der Waals surface area contributed by atoms with Crippen LogP contribution in [0.15, 0.2) is 0 Å². The second kappa shape index (κ2) is 5.25. The first-order valence-corrected chi connectivity index (χ1v) is 7.39. The summed E-state index contributed by atoms with van der Waals surface area (Å²) in [5.41, 5.74) is 0. The van der Waals surface area contributed by atoms with Crippen LogP contribution in [-0.2, 0) is 4.74 Å². The van der Waals surface area contributed by atoms with Gasteiger partial charge in [-0.3, -0.25) is 0 Å². The van der Waals surface area contributed by atoms with Crippen LogP contribution in [-0.4, -0.2) is 49.3 Å². The van der Waals surface area contributed by atoms with Gasteiger partial charge in [0.2, 0.25) is 0 Å². The van der Waals surface area contributed by atoms with Gasteiger partial charge in [0.1, 0.15) is 0 Å². The molecule has 3 aliphatic heterocycles. The average molecular weight is 238 g/mol. The lowest BCUT2D eigenvalue weighted by Crippen LogP contribution is -2.47. The van der Waals surface area contributed by atoms with E-state index in [1.165, 1.54) is 51.5 Å². The molecule has 3 rings (SSSR count). The Morgan fingerprint density at radius 2 is 1.94 bits per heavy atom. The number of ether oxygens (including phenoxy) is 1. The minimum atomic E-state index is 0.552. The molecule has 0 saturated carbocycles. The molecule has 3 nitrogen and oxygen atoms in total. The molecule has 17 heavy (non-hydrogen) atoms. The fourth-order valence-electron chi connectivity index (χ4n) is 3.79. The van der Waals surface area contributed by atoms with E-state index in [4.69, 9.17) is 4.74 Å². The highest BCUT2D eigenvalue weighted by molar-refractivity contribution is 4.95. The average Bonchev–Trinajstić information content (AvgIpc) is 2.96. The Labute approximate surface area is 105 Å². The van der Waals surface area contributed by atoms with Crippen molar-refractivity contribution >= 4 is 0 Å². The van der Waals surface area contributed by atoms with Gasteiger partial charge < -0.3 is 15.0 Å².